The Morgan fingerprint density at radius 3 is 2.08 bits per heavy atom. The van der Waals surface area contributed by atoms with Crippen molar-refractivity contribution in [3.63, 3.8) is 0 Å². The molecule has 0 aromatic rings. The first-order valence-electron chi connectivity index (χ1n) is 3.19. The first-order chi connectivity index (χ1) is 5.95. The van der Waals surface area contributed by atoms with E-state index in [9.17, 15) is 9.59 Å². The highest BCUT2D eigenvalue weighted by Crippen LogP contribution is 1.92. The summed E-state index contributed by atoms with van der Waals surface area (Å²) in [5.74, 6) is -1.64. The summed E-state index contributed by atoms with van der Waals surface area (Å²) in [4.78, 5) is 27.1. The maximum Gasteiger partial charge on any atom is 0.324 e. The van der Waals surface area contributed by atoms with Crippen LogP contribution in [0.5, 0.6) is 0 Å². The van der Waals surface area contributed by atoms with Crippen LogP contribution in [0.2, 0.25) is 0 Å². The van der Waals surface area contributed by atoms with Gasteiger partial charge < -0.3 is 21.5 Å². The molecule has 1 amide bonds. The number of carboxylic acid groups (broad SMARTS) is 1. The van der Waals surface area contributed by atoms with E-state index in [2.05, 4.69) is 0 Å². The van der Waals surface area contributed by atoms with Crippen molar-refractivity contribution in [2.24, 2.45) is 11.5 Å². The highest BCUT2D eigenvalue weighted by Gasteiger charge is 2.11. The van der Waals surface area contributed by atoms with Gasteiger partial charge in [-0.25, -0.2) is 4.57 Å². The Hall–Kier alpha value is -1.04. The van der Waals surface area contributed by atoms with Gasteiger partial charge in [0.2, 0.25) is 5.91 Å². The molecule has 0 saturated carbocycles. The van der Waals surface area contributed by atoms with E-state index >= 15 is 0 Å². The van der Waals surface area contributed by atoms with Crippen LogP contribution in [-0.4, -0.2) is 27.9 Å². The summed E-state index contributed by atoms with van der Waals surface area (Å²) >= 11 is 0. The second kappa shape index (κ2) is 9.05. The van der Waals surface area contributed by atoms with E-state index in [0.29, 0.717) is 0 Å². The predicted molar refractivity (Wildman–Crippen MR) is 43.9 cm³/mol. The van der Waals surface area contributed by atoms with Gasteiger partial charge in [0, 0.05) is 6.42 Å². The van der Waals surface area contributed by atoms with Crippen LogP contribution in [-0.2, 0) is 14.2 Å². The molecule has 0 saturated heterocycles. The summed E-state index contributed by atoms with van der Waals surface area (Å²) in [6.45, 7) is 0. The van der Waals surface area contributed by atoms with Gasteiger partial charge in [-0.2, -0.15) is 0 Å². The number of carbonyl (C=O) groups excluding carboxylic acids is 1. The van der Waals surface area contributed by atoms with Crippen LogP contribution < -0.4 is 11.5 Å². The number of hydrogen-bond donors (Lipinski definition) is 4. The van der Waals surface area contributed by atoms with Gasteiger partial charge in [-0.3, -0.25) is 9.59 Å². The van der Waals surface area contributed by atoms with E-state index in [1.807, 2.05) is 0 Å². The maximum atomic E-state index is 10.1. The minimum atomic E-state index is -1.11. The van der Waals surface area contributed by atoms with Gasteiger partial charge in [-0.05, 0) is 6.42 Å². The van der Waals surface area contributed by atoms with Crippen molar-refractivity contribution in [1.29, 1.82) is 0 Å². The summed E-state index contributed by atoms with van der Waals surface area (Å²) in [5.41, 5.74) is 9.81. The molecule has 6 N–H and O–H groups in total. The summed E-state index contributed by atoms with van der Waals surface area (Å²) in [7, 11) is -0.833. The monoisotopic (exact) mass is 210 g/mol. The fraction of sp³-hybridized carbons (Fsp3) is 0.600. The topological polar surface area (TPSA) is 144 Å². The first kappa shape index (κ1) is 14.5. The zero-order valence-corrected chi connectivity index (χ0v) is 7.61. The molecule has 1 unspecified atom stereocenters. The molecule has 13 heavy (non-hydrogen) atoms. The van der Waals surface area contributed by atoms with Crippen LogP contribution in [0.25, 0.3) is 0 Å². The number of carbonyl (C=O) groups is 2. The highest BCUT2D eigenvalue weighted by molar-refractivity contribution is 7.16. The van der Waals surface area contributed by atoms with Crippen molar-refractivity contribution in [2.45, 2.75) is 18.9 Å². The molecular weight excluding hydrogens is 199 g/mol. The highest BCUT2D eigenvalue weighted by atomic mass is 31.1. The Kier molecular flexibility index (Phi) is 10.1. The number of nitrogens with two attached hydrogens (primary N) is 2. The molecule has 0 fully saturated rings. The van der Waals surface area contributed by atoms with Crippen LogP contribution >= 0.6 is 8.69 Å². The Morgan fingerprint density at radius 2 is 1.85 bits per heavy atom. The fourth-order valence-electron chi connectivity index (χ4n) is 0.421. The molecule has 0 bridgehead atoms. The molecule has 0 rings (SSSR count). The zero-order chi connectivity index (χ0) is 10.9. The van der Waals surface area contributed by atoms with Gasteiger partial charge in [-0.15, -0.1) is 0 Å². The molecule has 0 aliphatic carbocycles. The minimum absolute atomic E-state index is 0.0213. The van der Waals surface area contributed by atoms with Crippen molar-refractivity contribution >= 4 is 20.6 Å². The smallest absolute Gasteiger partial charge is 0.324 e. The third-order valence-corrected chi connectivity index (χ3v) is 1.02. The molecule has 7 nitrogen and oxygen atoms in total. The molecule has 0 aliphatic heterocycles. The number of carboxylic acids is 1. The van der Waals surface area contributed by atoms with E-state index in [1.165, 1.54) is 0 Å². The van der Waals surface area contributed by atoms with E-state index in [0.717, 1.165) is 0 Å². The van der Waals surface area contributed by atoms with Crippen molar-refractivity contribution in [1.82, 2.24) is 0 Å². The van der Waals surface area contributed by atoms with Crippen LogP contribution in [0, 0.1) is 0 Å². The Labute approximate surface area is 76.0 Å². The number of hydrogen-bond acceptors (Lipinski definition) is 4. The van der Waals surface area contributed by atoms with Gasteiger partial charge in [0.15, 0.2) is 0 Å². The predicted octanol–water partition coefficient (Wildman–Crippen LogP) is -1.15. The lowest BCUT2D eigenvalue weighted by Crippen LogP contribution is -2.31. The van der Waals surface area contributed by atoms with Crippen LogP contribution in [0.1, 0.15) is 12.8 Å². The molecule has 0 heterocycles. The second-order valence-electron chi connectivity index (χ2n) is 2.03. The molecule has 0 aliphatic rings. The number of aliphatic carboxylic acids is 1. The van der Waals surface area contributed by atoms with Crippen LogP contribution in [0.15, 0.2) is 0 Å². The fourth-order valence-corrected chi connectivity index (χ4v) is 0.421. The lowest BCUT2D eigenvalue weighted by atomic mass is 10.2. The molecule has 0 radical (unpaired) electrons. The quantitative estimate of drug-likeness (QED) is 0.431. The summed E-state index contributed by atoms with van der Waals surface area (Å²) < 4.78 is 8.46. The molecule has 0 spiro atoms. The summed E-state index contributed by atoms with van der Waals surface area (Å²) in [6, 6.07) is -0.979. The summed E-state index contributed by atoms with van der Waals surface area (Å²) in [6.07, 6.45) is 0.123. The molecule has 0 aromatic carbocycles. The molecule has 8 heteroatoms. The molecule has 1 atom stereocenters. The number of primary amides is 1. The van der Waals surface area contributed by atoms with Crippen molar-refractivity contribution in [2.75, 3.05) is 0 Å². The van der Waals surface area contributed by atoms with E-state index in [1.54, 1.807) is 0 Å². The van der Waals surface area contributed by atoms with Gasteiger partial charge in [0.25, 0.3) is 0 Å². The summed E-state index contributed by atoms with van der Waals surface area (Å²) in [5, 5.41) is 8.22. The minimum Gasteiger partial charge on any atom is -0.480 e. The Balaban J connectivity index is 0. The second-order valence-corrected chi connectivity index (χ2v) is 2.19. The normalized spacial score (nSPS) is 11.2. The maximum absolute atomic E-state index is 10.1. The van der Waals surface area contributed by atoms with E-state index in [-0.39, 0.29) is 12.8 Å². The van der Waals surface area contributed by atoms with Crippen LogP contribution in [0.3, 0.4) is 0 Å². The third-order valence-electron chi connectivity index (χ3n) is 1.02. The zero-order valence-electron chi connectivity index (χ0n) is 6.71. The van der Waals surface area contributed by atoms with Crippen molar-refractivity contribution < 1.29 is 24.2 Å². The SMILES string of the molecule is NC(=O)CCC(N)C(=O)O.O=PO. The van der Waals surface area contributed by atoms with Gasteiger partial charge >= 0.3 is 14.7 Å². The Bertz CT molecular complexity index is 186. The third kappa shape index (κ3) is 13.9. The van der Waals surface area contributed by atoms with Gasteiger partial charge in [0.05, 0.1) is 0 Å². The lowest BCUT2D eigenvalue weighted by molar-refractivity contribution is -0.138. The molecule has 76 valence electrons. The number of rotatable bonds is 4. The number of amides is 1. The first-order valence-corrected chi connectivity index (χ1v) is 3.95. The largest absolute Gasteiger partial charge is 0.480 e. The van der Waals surface area contributed by atoms with Crippen LogP contribution in [0.4, 0.5) is 0 Å². The van der Waals surface area contributed by atoms with Gasteiger partial charge in [0.1, 0.15) is 6.04 Å². The molecular formula is C5H11N2O5P. The average Bonchev–Trinajstić information content (AvgIpc) is 2.01. The lowest BCUT2D eigenvalue weighted by Gasteiger charge is -2.01. The van der Waals surface area contributed by atoms with E-state index < -0.39 is 26.6 Å². The average molecular weight is 210 g/mol. The Morgan fingerprint density at radius 1 is 1.46 bits per heavy atom. The molecule has 0 aromatic heterocycles. The van der Waals surface area contributed by atoms with Crippen molar-refractivity contribution in [3.05, 3.63) is 0 Å². The van der Waals surface area contributed by atoms with Gasteiger partial charge in [-0.1, -0.05) is 0 Å². The van der Waals surface area contributed by atoms with E-state index in [4.69, 9.17) is 26.0 Å². The standard InChI is InChI=1S/C5H10N2O3.HO2P/c6-3(5(9)10)1-2-4(7)8;1-3-2/h3H,1-2,6H2,(H2,7,8)(H,9,10);(H,1,2). The van der Waals surface area contributed by atoms with Crippen molar-refractivity contribution in [3.8, 4) is 0 Å².